The van der Waals surface area contributed by atoms with Gasteiger partial charge in [0.15, 0.2) is 5.65 Å². The van der Waals surface area contributed by atoms with Gasteiger partial charge in [0, 0.05) is 31.2 Å². The van der Waals surface area contributed by atoms with Gasteiger partial charge in [0.25, 0.3) is 0 Å². The number of aromatic nitrogens is 3. The van der Waals surface area contributed by atoms with Crippen molar-refractivity contribution in [2.24, 2.45) is 11.8 Å². The zero-order valence-corrected chi connectivity index (χ0v) is 15.2. The fourth-order valence-corrected chi connectivity index (χ4v) is 3.10. The summed E-state index contributed by atoms with van der Waals surface area (Å²) >= 11 is 0. The first-order chi connectivity index (χ1) is 12.0. The molecule has 3 heterocycles. The Balaban J connectivity index is 1.56. The third-order valence-electron chi connectivity index (χ3n) is 5.15. The lowest BCUT2D eigenvalue weighted by Gasteiger charge is -2.31. The largest absolute Gasteiger partial charge is 0.353 e. The predicted octanol–water partition coefficient (Wildman–Crippen LogP) is 1.33. The monoisotopic (exact) mass is 345 g/mol. The van der Waals surface area contributed by atoms with Gasteiger partial charge in [0.2, 0.25) is 5.91 Å². The number of likely N-dealkylation sites (tertiary alicyclic amines) is 1. The van der Waals surface area contributed by atoms with Crippen LogP contribution in [-0.2, 0) is 11.5 Å². The third kappa shape index (κ3) is 3.92. The van der Waals surface area contributed by atoms with Gasteiger partial charge in [-0.25, -0.2) is 4.79 Å². The Bertz CT molecular complexity index is 786. The summed E-state index contributed by atoms with van der Waals surface area (Å²) in [6.45, 7) is 8.34. The molecule has 0 unspecified atom stereocenters. The number of nitrogens with zero attached hydrogens (tertiary/aromatic N) is 4. The van der Waals surface area contributed by atoms with Crippen LogP contribution in [0.25, 0.3) is 5.65 Å². The van der Waals surface area contributed by atoms with Crippen LogP contribution in [0, 0.1) is 11.8 Å². The van der Waals surface area contributed by atoms with E-state index >= 15 is 0 Å². The Hall–Kier alpha value is -2.15. The standard InChI is InChI=1S/C18H27N5O2/c1-13(2)14(3)19-17(24)15-7-10-21(11-8-15)12-23-18(25)22-9-5-4-6-16(22)20-23/h4-6,9,13-15H,7-8,10-12H2,1-3H3,(H,19,24)/t14-/m0/s1. The minimum Gasteiger partial charge on any atom is -0.353 e. The van der Waals surface area contributed by atoms with Crippen LogP contribution >= 0.6 is 0 Å². The molecule has 1 amide bonds. The van der Waals surface area contributed by atoms with Crippen LogP contribution in [0.5, 0.6) is 0 Å². The van der Waals surface area contributed by atoms with Crippen LogP contribution in [-0.4, -0.2) is 44.1 Å². The van der Waals surface area contributed by atoms with Crippen molar-refractivity contribution in [2.45, 2.75) is 46.3 Å². The molecule has 0 spiro atoms. The van der Waals surface area contributed by atoms with Gasteiger partial charge in [-0.2, -0.15) is 4.68 Å². The summed E-state index contributed by atoms with van der Waals surface area (Å²) in [6, 6.07) is 5.71. The molecule has 1 saturated heterocycles. The summed E-state index contributed by atoms with van der Waals surface area (Å²) in [6.07, 6.45) is 3.37. The Morgan fingerprint density at radius 1 is 1.28 bits per heavy atom. The van der Waals surface area contributed by atoms with Crippen molar-refractivity contribution in [2.75, 3.05) is 13.1 Å². The maximum absolute atomic E-state index is 12.3. The molecule has 0 bridgehead atoms. The summed E-state index contributed by atoms with van der Waals surface area (Å²) in [5.74, 6) is 0.659. The van der Waals surface area contributed by atoms with Crippen molar-refractivity contribution < 1.29 is 4.79 Å². The Kier molecular flexibility index (Phi) is 5.22. The number of pyridine rings is 1. The Morgan fingerprint density at radius 2 is 2.00 bits per heavy atom. The fraction of sp³-hybridized carbons (Fsp3) is 0.611. The first-order valence-corrected chi connectivity index (χ1v) is 9.02. The number of hydrogen-bond acceptors (Lipinski definition) is 4. The molecular weight excluding hydrogens is 318 g/mol. The van der Waals surface area contributed by atoms with E-state index in [1.807, 2.05) is 25.1 Å². The molecule has 1 atom stereocenters. The molecule has 7 heteroatoms. The number of amides is 1. The molecule has 0 saturated carbocycles. The van der Waals surface area contributed by atoms with E-state index in [0.29, 0.717) is 18.2 Å². The maximum Gasteiger partial charge on any atom is 0.351 e. The van der Waals surface area contributed by atoms with Gasteiger partial charge in [-0.3, -0.25) is 14.1 Å². The quantitative estimate of drug-likeness (QED) is 0.887. The minimum atomic E-state index is -0.124. The molecule has 7 nitrogen and oxygen atoms in total. The van der Waals surface area contributed by atoms with Gasteiger partial charge in [-0.15, -0.1) is 5.10 Å². The SMILES string of the molecule is CC(C)[C@H](C)NC(=O)C1CCN(Cn2nc3ccccn3c2=O)CC1. The Morgan fingerprint density at radius 3 is 2.64 bits per heavy atom. The molecule has 136 valence electrons. The molecule has 3 rings (SSSR count). The Labute approximate surface area is 147 Å². The highest BCUT2D eigenvalue weighted by atomic mass is 16.2. The second-order valence-corrected chi connectivity index (χ2v) is 7.29. The first kappa shape index (κ1) is 17.7. The number of fused-ring (bicyclic) bond motifs is 1. The van der Waals surface area contributed by atoms with Gasteiger partial charge in [-0.1, -0.05) is 19.9 Å². The lowest BCUT2D eigenvalue weighted by Crippen LogP contribution is -2.45. The highest BCUT2D eigenvalue weighted by Gasteiger charge is 2.26. The van der Waals surface area contributed by atoms with E-state index in [0.717, 1.165) is 25.9 Å². The molecule has 1 aliphatic heterocycles. The number of nitrogens with one attached hydrogen (secondary N) is 1. The molecule has 1 fully saturated rings. The van der Waals surface area contributed by atoms with Gasteiger partial charge >= 0.3 is 5.69 Å². The number of piperidine rings is 1. The molecular formula is C18H27N5O2. The zero-order valence-electron chi connectivity index (χ0n) is 15.2. The maximum atomic E-state index is 12.3. The van der Waals surface area contributed by atoms with Crippen molar-refractivity contribution in [1.82, 2.24) is 24.4 Å². The zero-order chi connectivity index (χ0) is 18.0. The van der Waals surface area contributed by atoms with E-state index in [1.165, 1.54) is 4.68 Å². The number of carbonyl (C=O) groups excluding carboxylic acids is 1. The minimum absolute atomic E-state index is 0.0650. The topological polar surface area (TPSA) is 71.6 Å². The number of hydrogen-bond donors (Lipinski definition) is 1. The van der Waals surface area contributed by atoms with Gasteiger partial charge in [0.05, 0.1) is 6.67 Å². The predicted molar refractivity (Wildman–Crippen MR) is 96.2 cm³/mol. The highest BCUT2D eigenvalue weighted by molar-refractivity contribution is 5.79. The second-order valence-electron chi connectivity index (χ2n) is 7.29. The van der Waals surface area contributed by atoms with Crippen molar-refractivity contribution in [3.05, 3.63) is 34.9 Å². The van der Waals surface area contributed by atoms with Crippen molar-refractivity contribution >= 4 is 11.6 Å². The molecule has 0 radical (unpaired) electrons. The van der Waals surface area contributed by atoms with Crippen LogP contribution in [0.3, 0.4) is 0 Å². The molecule has 0 aliphatic carbocycles. The highest BCUT2D eigenvalue weighted by Crippen LogP contribution is 2.18. The van der Waals surface area contributed by atoms with Gasteiger partial charge in [0.1, 0.15) is 0 Å². The van der Waals surface area contributed by atoms with E-state index < -0.39 is 0 Å². The molecule has 25 heavy (non-hydrogen) atoms. The first-order valence-electron chi connectivity index (χ1n) is 9.02. The van der Waals surface area contributed by atoms with Crippen LogP contribution < -0.4 is 11.0 Å². The molecule has 1 N–H and O–H groups in total. The van der Waals surface area contributed by atoms with Crippen molar-refractivity contribution in [3.8, 4) is 0 Å². The van der Waals surface area contributed by atoms with Gasteiger partial charge < -0.3 is 5.32 Å². The van der Waals surface area contributed by atoms with E-state index in [4.69, 9.17) is 0 Å². The molecule has 0 aromatic carbocycles. The average Bonchev–Trinajstić information content (AvgIpc) is 2.91. The molecule has 1 aliphatic rings. The molecule has 2 aromatic heterocycles. The number of rotatable bonds is 5. The summed E-state index contributed by atoms with van der Waals surface area (Å²) < 4.78 is 3.05. The van der Waals surface area contributed by atoms with Crippen molar-refractivity contribution in [3.63, 3.8) is 0 Å². The second kappa shape index (κ2) is 7.39. The average molecular weight is 345 g/mol. The summed E-state index contributed by atoms with van der Waals surface area (Å²) in [5.41, 5.74) is 0.533. The normalized spacial score (nSPS) is 17.9. The number of carbonyl (C=O) groups is 1. The summed E-state index contributed by atoms with van der Waals surface area (Å²) in [7, 11) is 0. The van der Waals surface area contributed by atoms with Crippen LogP contribution in [0.2, 0.25) is 0 Å². The van der Waals surface area contributed by atoms with Crippen molar-refractivity contribution in [1.29, 1.82) is 0 Å². The summed E-state index contributed by atoms with van der Waals surface area (Å²) in [4.78, 5) is 26.9. The van der Waals surface area contributed by atoms with Gasteiger partial charge in [-0.05, 0) is 37.8 Å². The van der Waals surface area contributed by atoms with E-state index in [9.17, 15) is 9.59 Å². The third-order valence-corrected chi connectivity index (χ3v) is 5.15. The van der Waals surface area contributed by atoms with Crippen LogP contribution in [0.15, 0.2) is 29.2 Å². The van der Waals surface area contributed by atoms with Crippen LogP contribution in [0.1, 0.15) is 33.6 Å². The smallest absolute Gasteiger partial charge is 0.351 e. The molecule has 2 aromatic rings. The van der Waals surface area contributed by atoms with E-state index in [-0.39, 0.29) is 23.6 Å². The van der Waals surface area contributed by atoms with E-state index in [2.05, 4.69) is 29.2 Å². The lowest BCUT2D eigenvalue weighted by atomic mass is 9.95. The fourth-order valence-electron chi connectivity index (χ4n) is 3.10. The summed E-state index contributed by atoms with van der Waals surface area (Å²) in [5, 5.41) is 7.48. The van der Waals surface area contributed by atoms with Crippen LogP contribution in [0.4, 0.5) is 0 Å². The lowest BCUT2D eigenvalue weighted by molar-refractivity contribution is -0.127. The van der Waals surface area contributed by atoms with E-state index in [1.54, 1.807) is 10.6 Å².